The molecule has 0 atom stereocenters. The molecule has 0 saturated heterocycles. The number of thiophene rings is 1. The lowest BCUT2D eigenvalue weighted by Crippen LogP contribution is -2.03. The van der Waals surface area contributed by atoms with Gasteiger partial charge < -0.3 is 9.72 Å². The molecule has 0 aliphatic heterocycles. The summed E-state index contributed by atoms with van der Waals surface area (Å²) < 4.78 is 4.81. The van der Waals surface area contributed by atoms with E-state index in [4.69, 9.17) is 4.74 Å². The number of esters is 1. The highest BCUT2D eigenvalue weighted by atomic mass is 32.1. The van der Waals surface area contributed by atoms with Gasteiger partial charge in [-0.3, -0.25) is 0 Å². The molecule has 0 saturated carbocycles. The Kier molecular flexibility index (Phi) is 2.83. The molecule has 2 aromatic rings. The van der Waals surface area contributed by atoms with Crippen molar-refractivity contribution >= 4 is 17.3 Å². The van der Waals surface area contributed by atoms with Crippen LogP contribution in [0.5, 0.6) is 0 Å². The standard InChI is InChI=1S/C12H13NO2S/c1-7-10(9-4-5-16-6-9)11(8(2)13-7)12(14)15-3/h4-6,13H,1-3H3. The molecule has 0 radical (unpaired) electrons. The third-order valence-corrected chi connectivity index (χ3v) is 3.26. The first-order valence-corrected chi connectivity index (χ1v) is 5.89. The van der Waals surface area contributed by atoms with Crippen LogP contribution in [0.4, 0.5) is 0 Å². The van der Waals surface area contributed by atoms with Gasteiger partial charge in [-0.2, -0.15) is 11.3 Å². The van der Waals surface area contributed by atoms with Crippen LogP contribution in [0.3, 0.4) is 0 Å². The first-order chi connectivity index (χ1) is 7.65. The quantitative estimate of drug-likeness (QED) is 0.812. The summed E-state index contributed by atoms with van der Waals surface area (Å²) in [5.74, 6) is -0.289. The van der Waals surface area contributed by atoms with Crippen molar-refractivity contribution in [1.29, 1.82) is 0 Å². The maximum absolute atomic E-state index is 11.7. The van der Waals surface area contributed by atoms with Crippen molar-refractivity contribution in [2.24, 2.45) is 0 Å². The summed E-state index contributed by atoms with van der Waals surface area (Å²) in [5, 5.41) is 4.03. The highest BCUT2D eigenvalue weighted by Gasteiger charge is 2.20. The van der Waals surface area contributed by atoms with Crippen molar-refractivity contribution in [2.45, 2.75) is 13.8 Å². The molecule has 0 spiro atoms. The highest BCUT2D eigenvalue weighted by Crippen LogP contribution is 2.31. The van der Waals surface area contributed by atoms with Crippen molar-refractivity contribution < 1.29 is 9.53 Å². The predicted octanol–water partition coefficient (Wildman–Crippen LogP) is 3.15. The lowest BCUT2D eigenvalue weighted by atomic mass is 10.0. The Balaban J connectivity index is 2.64. The van der Waals surface area contributed by atoms with Gasteiger partial charge in [-0.1, -0.05) is 0 Å². The van der Waals surface area contributed by atoms with Gasteiger partial charge in [0.2, 0.25) is 0 Å². The Labute approximate surface area is 98.1 Å². The molecular formula is C12H13NO2S. The highest BCUT2D eigenvalue weighted by molar-refractivity contribution is 7.08. The molecule has 0 aliphatic carbocycles. The van der Waals surface area contributed by atoms with Crippen LogP contribution in [0, 0.1) is 13.8 Å². The average Bonchev–Trinajstić information content (AvgIpc) is 2.84. The fourth-order valence-corrected chi connectivity index (χ4v) is 2.55. The number of rotatable bonds is 2. The van der Waals surface area contributed by atoms with E-state index in [1.165, 1.54) is 7.11 Å². The van der Waals surface area contributed by atoms with E-state index >= 15 is 0 Å². The minimum Gasteiger partial charge on any atom is -0.465 e. The number of carbonyl (C=O) groups is 1. The number of aromatic nitrogens is 1. The van der Waals surface area contributed by atoms with E-state index in [0.717, 1.165) is 22.5 Å². The van der Waals surface area contributed by atoms with E-state index in [9.17, 15) is 4.79 Å². The number of H-pyrrole nitrogens is 1. The number of aryl methyl sites for hydroxylation is 2. The van der Waals surface area contributed by atoms with E-state index in [2.05, 4.69) is 4.98 Å². The van der Waals surface area contributed by atoms with Crippen LogP contribution in [-0.4, -0.2) is 18.1 Å². The van der Waals surface area contributed by atoms with Crippen LogP contribution in [0.2, 0.25) is 0 Å². The van der Waals surface area contributed by atoms with Gasteiger partial charge in [-0.25, -0.2) is 4.79 Å². The van der Waals surface area contributed by atoms with Gasteiger partial charge in [0.15, 0.2) is 0 Å². The zero-order chi connectivity index (χ0) is 11.7. The van der Waals surface area contributed by atoms with Gasteiger partial charge in [0.05, 0.1) is 12.7 Å². The van der Waals surface area contributed by atoms with E-state index in [1.54, 1.807) is 11.3 Å². The molecule has 0 bridgehead atoms. The van der Waals surface area contributed by atoms with Gasteiger partial charge in [-0.15, -0.1) is 0 Å². The molecule has 0 fully saturated rings. The monoisotopic (exact) mass is 235 g/mol. The normalized spacial score (nSPS) is 10.4. The summed E-state index contributed by atoms with van der Waals surface area (Å²) in [6.07, 6.45) is 0. The van der Waals surface area contributed by atoms with E-state index < -0.39 is 0 Å². The Bertz CT molecular complexity index is 511. The van der Waals surface area contributed by atoms with Gasteiger partial charge in [0.1, 0.15) is 0 Å². The van der Waals surface area contributed by atoms with Gasteiger partial charge in [-0.05, 0) is 36.2 Å². The van der Waals surface area contributed by atoms with Gasteiger partial charge >= 0.3 is 5.97 Å². The summed E-state index contributed by atoms with van der Waals surface area (Å²) in [6, 6.07) is 2.01. The third kappa shape index (κ3) is 1.65. The van der Waals surface area contributed by atoms with Crippen LogP contribution in [0.15, 0.2) is 16.8 Å². The lowest BCUT2D eigenvalue weighted by Gasteiger charge is -2.02. The summed E-state index contributed by atoms with van der Waals surface area (Å²) >= 11 is 1.61. The molecule has 0 amide bonds. The number of carbonyl (C=O) groups excluding carboxylic acids is 1. The van der Waals surface area contributed by atoms with Crippen molar-refractivity contribution in [2.75, 3.05) is 7.11 Å². The van der Waals surface area contributed by atoms with Gasteiger partial charge in [0.25, 0.3) is 0 Å². The van der Waals surface area contributed by atoms with Crippen molar-refractivity contribution in [3.8, 4) is 11.1 Å². The van der Waals surface area contributed by atoms with E-state index in [-0.39, 0.29) is 5.97 Å². The first kappa shape index (κ1) is 11.0. The number of hydrogen-bond donors (Lipinski definition) is 1. The fourth-order valence-electron chi connectivity index (χ4n) is 1.91. The van der Waals surface area contributed by atoms with Gasteiger partial charge in [0, 0.05) is 17.0 Å². The molecule has 2 heterocycles. The molecule has 2 rings (SSSR count). The largest absolute Gasteiger partial charge is 0.465 e. The Morgan fingerprint density at radius 1 is 1.38 bits per heavy atom. The van der Waals surface area contributed by atoms with Crippen molar-refractivity contribution in [3.63, 3.8) is 0 Å². The number of nitrogens with one attached hydrogen (secondary N) is 1. The first-order valence-electron chi connectivity index (χ1n) is 4.95. The maximum atomic E-state index is 11.7. The van der Waals surface area contributed by atoms with E-state index in [0.29, 0.717) is 5.56 Å². The zero-order valence-electron chi connectivity index (χ0n) is 9.46. The molecule has 3 nitrogen and oxygen atoms in total. The number of ether oxygens (including phenoxy) is 1. The SMILES string of the molecule is COC(=O)c1c(C)[nH]c(C)c1-c1ccsc1. The molecule has 84 valence electrons. The number of hydrogen-bond acceptors (Lipinski definition) is 3. The Hall–Kier alpha value is -1.55. The predicted molar refractivity (Wildman–Crippen MR) is 64.9 cm³/mol. The van der Waals surface area contributed by atoms with Crippen molar-refractivity contribution in [3.05, 3.63) is 33.8 Å². The minimum atomic E-state index is -0.289. The third-order valence-electron chi connectivity index (χ3n) is 2.57. The van der Waals surface area contributed by atoms with E-state index in [1.807, 2.05) is 30.7 Å². The fraction of sp³-hybridized carbons (Fsp3) is 0.250. The second-order valence-electron chi connectivity index (χ2n) is 3.63. The topological polar surface area (TPSA) is 42.1 Å². The molecule has 2 aromatic heterocycles. The Morgan fingerprint density at radius 2 is 2.12 bits per heavy atom. The summed E-state index contributed by atoms with van der Waals surface area (Å²) in [5.41, 5.74) is 4.50. The molecule has 0 aromatic carbocycles. The second kappa shape index (κ2) is 4.14. The maximum Gasteiger partial charge on any atom is 0.340 e. The minimum absolute atomic E-state index is 0.289. The van der Waals surface area contributed by atoms with Crippen LogP contribution in [-0.2, 0) is 4.74 Å². The van der Waals surface area contributed by atoms with Crippen LogP contribution in [0.25, 0.3) is 11.1 Å². The van der Waals surface area contributed by atoms with Crippen molar-refractivity contribution in [1.82, 2.24) is 4.98 Å². The number of methoxy groups -OCH3 is 1. The molecular weight excluding hydrogens is 222 g/mol. The molecule has 16 heavy (non-hydrogen) atoms. The summed E-state index contributed by atoms with van der Waals surface area (Å²) in [4.78, 5) is 14.9. The van der Waals surface area contributed by atoms with Crippen LogP contribution in [0.1, 0.15) is 21.7 Å². The second-order valence-corrected chi connectivity index (χ2v) is 4.41. The molecule has 4 heteroatoms. The lowest BCUT2D eigenvalue weighted by molar-refractivity contribution is 0.0601. The summed E-state index contributed by atoms with van der Waals surface area (Å²) in [7, 11) is 1.40. The summed E-state index contributed by atoms with van der Waals surface area (Å²) in [6.45, 7) is 3.85. The number of aromatic amines is 1. The molecule has 0 unspecified atom stereocenters. The Morgan fingerprint density at radius 3 is 2.69 bits per heavy atom. The zero-order valence-corrected chi connectivity index (χ0v) is 10.3. The smallest absolute Gasteiger partial charge is 0.340 e. The average molecular weight is 235 g/mol. The van der Waals surface area contributed by atoms with Crippen LogP contribution < -0.4 is 0 Å². The van der Waals surface area contributed by atoms with Crippen LogP contribution >= 0.6 is 11.3 Å². The molecule has 1 N–H and O–H groups in total. The molecule has 0 aliphatic rings.